The van der Waals surface area contributed by atoms with Crippen molar-refractivity contribution < 1.29 is 4.79 Å². The Morgan fingerprint density at radius 2 is 2.20 bits per heavy atom. The van der Waals surface area contributed by atoms with E-state index >= 15 is 0 Å². The van der Waals surface area contributed by atoms with Gasteiger partial charge in [0.05, 0.1) is 12.2 Å². The molecular weight excluding hydrogens is 250 g/mol. The van der Waals surface area contributed by atoms with Gasteiger partial charge in [0, 0.05) is 25.2 Å². The van der Waals surface area contributed by atoms with Gasteiger partial charge in [-0.15, -0.1) is 0 Å². The maximum Gasteiger partial charge on any atom is 0.158 e. The highest BCUT2D eigenvalue weighted by atomic mass is 16.1. The number of nitrogens with zero attached hydrogens (tertiary/aromatic N) is 2. The number of carbonyl (C=O) groups is 1. The van der Waals surface area contributed by atoms with Gasteiger partial charge >= 0.3 is 0 Å². The molecule has 1 atom stereocenters. The molecule has 104 valence electrons. The SMILES string of the molecule is Cn1cc(C(N)C(=O)Cc2ccc3c(c2)CCC3)cn1. The molecule has 0 aliphatic heterocycles. The maximum atomic E-state index is 12.3. The minimum absolute atomic E-state index is 0.0379. The maximum absolute atomic E-state index is 12.3. The smallest absolute Gasteiger partial charge is 0.158 e. The Kier molecular flexibility index (Phi) is 3.40. The van der Waals surface area contributed by atoms with Crippen molar-refractivity contribution in [3.8, 4) is 0 Å². The molecule has 0 radical (unpaired) electrons. The molecule has 0 saturated heterocycles. The molecule has 4 nitrogen and oxygen atoms in total. The van der Waals surface area contributed by atoms with Crippen LogP contribution in [-0.2, 0) is 31.1 Å². The van der Waals surface area contributed by atoms with Crippen molar-refractivity contribution in [1.82, 2.24) is 9.78 Å². The van der Waals surface area contributed by atoms with Crippen LogP contribution in [0.2, 0.25) is 0 Å². The molecule has 1 aromatic heterocycles. The van der Waals surface area contributed by atoms with Gasteiger partial charge < -0.3 is 5.73 Å². The first-order valence-electron chi connectivity index (χ1n) is 7.01. The van der Waals surface area contributed by atoms with E-state index in [1.54, 1.807) is 17.1 Å². The second-order valence-electron chi connectivity index (χ2n) is 5.52. The topological polar surface area (TPSA) is 60.9 Å². The fourth-order valence-corrected chi connectivity index (χ4v) is 2.83. The van der Waals surface area contributed by atoms with Gasteiger partial charge in [-0.3, -0.25) is 9.48 Å². The van der Waals surface area contributed by atoms with Crippen LogP contribution in [-0.4, -0.2) is 15.6 Å². The van der Waals surface area contributed by atoms with Gasteiger partial charge in [0.25, 0.3) is 0 Å². The molecule has 2 N–H and O–H groups in total. The van der Waals surface area contributed by atoms with Crippen molar-refractivity contribution in [3.63, 3.8) is 0 Å². The fourth-order valence-electron chi connectivity index (χ4n) is 2.83. The van der Waals surface area contributed by atoms with E-state index in [9.17, 15) is 4.79 Å². The number of nitrogens with two attached hydrogens (primary N) is 1. The number of aromatic nitrogens is 2. The first-order chi connectivity index (χ1) is 9.63. The van der Waals surface area contributed by atoms with Crippen molar-refractivity contribution in [3.05, 3.63) is 52.8 Å². The first kappa shape index (κ1) is 13.1. The van der Waals surface area contributed by atoms with E-state index in [-0.39, 0.29) is 5.78 Å². The molecule has 0 amide bonds. The third-order valence-electron chi connectivity index (χ3n) is 3.97. The zero-order chi connectivity index (χ0) is 14.1. The normalized spacial score (nSPS) is 15.1. The molecule has 0 bridgehead atoms. The lowest BCUT2D eigenvalue weighted by Gasteiger charge is -2.09. The number of ketones is 1. The molecule has 0 spiro atoms. The van der Waals surface area contributed by atoms with Crippen LogP contribution in [0.3, 0.4) is 0 Å². The molecule has 1 unspecified atom stereocenters. The van der Waals surface area contributed by atoms with Crippen LogP contribution in [0.1, 0.15) is 34.7 Å². The average Bonchev–Trinajstić information content (AvgIpc) is 3.05. The minimum Gasteiger partial charge on any atom is -0.318 e. The van der Waals surface area contributed by atoms with Crippen molar-refractivity contribution in [2.45, 2.75) is 31.7 Å². The summed E-state index contributed by atoms with van der Waals surface area (Å²) in [5, 5.41) is 4.06. The van der Waals surface area contributed by atoms with Gasteiger partial charge in [0.2, 0.25) is 0 Å². The van der Waals surface area contributed by atoms with Gasteiger partial charge in [0.15, 0.2) is 5.78 Å². The first-order valence-corrected chi connectivity index (χ1v) is 7.01. The van der Waals surface area contributed by atoms with Gasteiger partial charge in [-0.25, -0.2) is 0 Å². The molecule has 1 aliphatic carbocycles. The van der Waals surface area contributed by atoms with Gasteiger partial charge in [-0.1, -0.05) is 18.2 Å². The summed E-state index contributed by atoms with van der Waals surface area (Å²) in [7, 11) is 1.82. The van der Waals surface area contributed by atoms with Crippen molar-refractivity contribution >= 4 is 5.78 Å². The summed E-state index contributed by atoms with van der Waals surface area (Å²) in [5.41, 5.74) is 10.7. The molecule has 0 fully saturated rings. The van der Waals surface area contributed by atoms with E-state index in [0.29, 0.717) is 6.42 Å². The summed E-state index contributed by atoms with van der Waals surface area (Å²) in [5.74, 6) is 0.0379. The van der Waals surface area contributed by atoms with Gasteiger partial charge in [-0.2, -0.15) is 5.10 Å². The van der Waals surface area contributed by atoms with Crippen LogP contribution in [0.4, 0.5) is 0 Å². The highest BCUT2D eigenvalue weighted by Gasteiger charge is 2.18. The Bertz CT molecular complexity index is 645. The molecule has 1 aliphatic rings. The van der Waals surface area contributed by atoms with E-state index in [0.717, 1.165) is 17.5 Å². The number of aryl methyl sites for hydroxylation is 3. The van der Waals surface area contributed by atoms with Crippen LogP contribution in [0, 0.1) is 0 Å². The number of rotatable bonds is 4. The highest BCUT2D eigenvalue weighted by molar-refractivity contribution is 5.87. The summed E-state index contributed by atoms with van der Waals surface area (Å²) in [6.45, 7) is 0. The minimum atomic E-state index is -0.586. The second-order valence-corrected chi connectivity index (χ2v) is 5.52. The summed E-state index contributed by atoms with van der Waals surface area (Å²) < 4.78 is 1.66. The molecule has 1 heterocycles. The Hall–Kier alpha value is -1.94. The van der Waals surface area contributed by atoms with Crippen LogP contribution < -0.4 is 5.73 Å². The third-order valence-corrected chi connectivity index (χ3v) is 3.97. The fraction of sp³-hybridized carbons (Fsp3) is 0.375. The average molecular weight is 269 g/mol. The van der Waals surface area contributed by atoms with Crippen molar-refractivity contribution in [1.29, 1.82) is 0 Å². The zero-order valence-electron chi connectivity index (χ0n) is 11.7. The van der Waals surface area contributed by atoms with Crippen LogP contribution in [0.5, 0.6) is 0 Å². The molecule has 1 aromatic carbocycles. The van der Waals surface area contributed by atoms with E-state index in [2.05, 4.69) is 23.3 Å². The Morgan fingerprint density at radius 3 is 2.95 bits per heavy atom. The number of Topliss-reactive ketones (excluding diaryl/α,β-unsaturated/α-hetero) is 1. The van der Waals surface area contributed by atoms with Crippen molar-refractivity contribution in [2.24, 2.45) is 12.8 Å². The monoisotopic (exact) mass is 269 g/mol. The number of hydrogen-bond acceptors (Lipinski definition) is 3. The number of fused-ring (bicyclic) bond motifs is 1. The number of carbonyl (C=O) groups excluding carboxylic acids is 1. The predicted molar refractivity (Wildman–Crippen MR) is 77.3 cm³/mol. The molecule has 2 aromatic rings. The Balaban J connectivity index is 1.72. The number of hydrogen-bond donors (Lipinski definition) is 1. The Morgan fingerprint density at radius 1 is 1.40 bits per heavy atom. The lowest BCUT2D eigenvalue weighted by Crippen LogP contribution is -2.22. The number of benzene rings is 1. The van der Waals surface area contributed by atoms with Gasteiger partial charge in [0.1, 0.15) is 0 Å². The summed E-state index contributed by atoms with van der Waals surface area (Å²) in [4.78, 5) is 12.3. The van der Waals surface area contributed by atoms with E-state index in [4.69, 9.17) is 5.73 Å². The van der Waals surface area contributed by atoms with E-state index in [1.807, 2.05) is 7.05 Å². The standard InChI is InChI=1S/C16H19N3O/c1-19-10-14(9-18-19)16(17)15(20)8-11-5-6-12-3-2-4-13(12)7-11/h5-7,9-10,16H,2-4,8,17H2,1H3. The van der Waals surface area contributed by atoms with Crippen LogP contribution in [0.15, 0.2) is 30.6 Å². The molecular formula is C16H19N3O. The third kappa shape index (κ3) is 2.51. The molecule has 0 saturated carbocycles. The van der Waals surface area contributed by atoms with E-state index < -0.39 is 6.04 Å². The Labute approximate surface area is 118 Å². The van der Waals surface area contributed by atoms with Crippen molar-refractivity contribution in [2.75, 3.05) is 0 Å². The largest absolute Gasteiger partial charge is 0.318 e. The summed E-state index contributed by atoms with van der Waals surface area (Å²) >= 11 is 0. The quantitative estimate of drug-likeness (QED) is 0.919. The molecule has 4 heteroatoms. The van der Waals surface area contributed by atoms with Gasteiger partial charge in [-0.05, 0) is 36.0 Å². The summed E-state index contributed by atoms with van der Waals surface area (Å²) in [6.07, 6.45) is 7.37. The van der Waals surface area contributed by atoms with Crippen LogP contribution >= 0.6 is 0 Å². The second kappa shape index (κ2) is 5.21. The lowest BCUT2D eigenvalue weighted by molar-refractivity contribution is -0.119. The predicted octanol–water partition coefficient (Wildman–Crippen LogP) is 1.72. The van der Waals surface area contributed by atoms with Crippen LogP contribution in [0.25, 0.3) is 0 Å². The molecule has 20 heavy (non-hydrogen) atoms. The molecule has 3 rings (SSSR count). The zero-order valence-corrected chi connectivity index (χ0v) is 11.7. The lowest BCUT2D eigenvalue weighted by atomic mass is 9.98. The van der Waals surface area contributed by atoms with E-state index in [1.165, 1.54) is 24.0 Å². The summed E-state index contributed by atoms with van der Waals surface area (Å²) in [6, 6.07) is 5.78. The highest BCUT2D eigenvalue weighted by Crippen LogP contribution is 2.23.